The molecule has 2 rings (SSSR count). The first-order valence-corrected chi connectivity index (χ1v) is 9.08. The van der Waals surface area contributed by atoms with Gasteiger partial charge in [0.1, 0.15) is 0 Å². The van der Waals surface area contributed by atoms with Gasteiger partial charge in [-0.2, -0.15) is 0 Å². The van der Waals surface area contributed by atoms with Crippen molar-refractivity contribution < 1.29 is 9.59 Å². The van der Waals surface area contributed by atoms with E-state index in [4.69, 9.17) is 0 Å². The molecule has 3 amide bonds. The van der Waals surface area contributed by atoms with Crippen molar-refractivity contribution in [2.75, 3.05) is 45.6 Å². The number of amides is 3. The smallest absolute Gasteiger partial charge is 0.321 e. The van der Waals surface area contributed by atoms with E-state index in [0.29, 0.717) is 23.7 Å². The summed E-state index contributed by atoms with van der Waals surface area (Å²) in [7, 11) is 3.96. The van der Waals surface area contributed by atoms with Crippen molar-refractivity contribution >= 4 is 17.6 Å². The minimum atomic E-state index is -0.114. The van der Waals surface area contributed by atoms with Gasteiger partial charge in [-0.3, -0.25) is 4.79 Å². The van der Waals surface area contributed by atoms with Gasteiger partial charge in [-0.1, -0.05) is 6.92 Å². The van der Waals surface area contributed by atoms with Crippen LogP contribution in [0.25, 0.3) is 0 Å². The maximum Gasteiger partial charge on any atom is 0.321 e. The zero-order valence-corrected chi connectivity index (χ0v) is 15.5. The molecule has 0 radical (unpaired) electrons. The van der Waals surface area contributed by atoms with Crippen molar-refractivity contribution in [1.82, 2.24) is 15.1 Å². The molecular formula is C19H30N4O2. The molecule has 1 aromatic rings. The number of nitrogens with zero attached hydrogens (tertiary/aromatic N) is 2. The van der Waals surface area contributed by atoms with Crippen molar-refractivity contribution in [3.63, 3.8) is 0 Å². The van der Waals surface area contributed by atoms with E-state index >= 15 is 0 Å². The molecule has 6 heteroatoms. The van der Waals surface area contributed by atoms with E-state index in [9.17, 15) is 9.59 Å². The molecule has 138 valence electrons. The van der Waals surface area contributed by atoms with Gasteiger partial charge in [-0.25, -0.2) is 4.79 Å². The van der Waals surface area contributed by atoms with Crippen molar-refractivity contribution in [2.24, 2.45) is 5.92 Å². The lowest BCUT2D eigenvalue weighted by atomic mass is 9.98. The summed E-state index contributed by atoms with van der Waals surface area (Å²) in [4.78, 5) is 28.3. The highest BCUT2D eigenvalue weighted by atomic mass is 16.2. The Hall–Kier alpha value is -2.08. The average Bonchev–Trinajstić information content (AvgIpc) is 2.60. The zero-order valence-electron chi connectivity index (χ0n) is 15.5. The molecule has 0 spiro atoms. The molecule has 6 nitrogen and oxygen atoms in total. The van der Waals surface area contributed by atoms with Crippen molar-refractivity contribution in [1.29, 1.82) is 0 Å². The summed E-state index contributed by atoms with van der Waals surface area (Å²) >= 11 is 0. The maximum absolute atomic E-state index is 12.3. The van der Waals surface area contributed by atoms with Gasteiger partial charge < -0.3 is 20.4 Å². The van der Waals surface area contributed by atoms with Gasteiger partial charge in [0.25, 0.3) is 5.91 Å². The Morgan fingerprint density at radius 1 is 1.28 bits per heavy atom. The number of urea groups is 1. The van der Waals surface area contributed by atoms with Gasteiger partial charge in [0, 0.05) is 37.9 Å². The monoisotopic (exact) mass is 346 g/mol. The van der Waals surface area contributed by atoms with Crippen LogP contribution in [-0.2, 0) is 0 Å². The SMILES string of the molecule is CCCNC(=O)c1ccc(NC(=O)N(C)CC2CCCN(C)C2)cc1. The Labute approximate surface area is 150 Å². The summed E-state index contributed by atoms with van der Waals surface area (Å²) in [6, 6.07) is 6.88. The molecule has 1 aliphatic rings. The van der Waals surface area contributed by atoms with Gasteiger partial charge >= 0.3 is 6.03 Å². The van der Waals surface area contributed by atoms with E-state index < -0.39 is 0 Å². The molecule has 0 saturated carbocycles. The highest BCUT2D eigenvalue weighted by molar-refractivity contribution is 5.95. The summed E-state index contributed by atoms with van der Waals surface area (Å²) in [6.45, 7) is 5.62. The summed E-state index contributed by atoms with van der Waals surface area (Å²) < 4.78 is 0. The first-order valence-electron chi connectivity index (χ1n) is 9.08. The quantitative estimate of drug-likeness (QED) is 0.832. The van der Waals surface area contributed by atoms with Crippen LogP contribution in [-0.4, -0.2) is 62.0 Å². The standard InChI is InChI=1S/C19H30N4O2/c1-4-11-20-18(24)16-7-9-17(10-8-16)21-19(25)23(3)14-15-6-5-12-22(2)13-15/h7-10,15H,4-6,11-14H2,1-3H3,(H,20,24)(H,21,25). The average molecular weight is 346 g/mol. The molecule has 1 aliphatic heterocycles. The van der Waals surface area contributed by atoms with Crippen molar-refractivity contribution in [3.8, 4) is 0 Å². The topological polar surface area (TPSA) is 64.7 Å². The fraction of sp³-hybridized carbons (Fsp3) is 0.579. The molecule has 1 saturated heterocycles. The predicted molar refractivity (Wildman–Crippen MR) is 101 cm³/mol. The summed E-state index contributed by atoms with van der Waals surface area (Å²) in [6.07, 6.45) is 3.27. The molecule has 0 bridgehead atoms. The highest BCUT2D eigenvalue weighted by Gasteiger charge is 2.20. The van der Waals surface area contributed by atoms with Gasteiger partial charge in [0.15, 0.2) is 0 Å². The normalized spacial score (nSPS) is 17.8. The third-order valence-electron chi connectivity index (χ3n) is 4.53. The third kappa shape index (κ3) is 6.05. The molecule has 0 aromatic heterocycles. The van der Waals surface area contributed by atoms with E-state index in [-0.39, 0.29) is 11.9 Å². The number of hydrogen-bond acceptors (Lipinski definition) is 3. The largest absolute Gasteiger partial charge is 0.352 e. The second kappa shape index (κ2) is 9.42. The van der Waals surface area contributed by atoms with Gasteiger partial charge in [0.2, 0.25) is 0 Å². The number of rotatable bonds is 6. The first kappa shape index (κ1) is 19.2. The lowest BCUT2D eigenvalue weighted by molar-refractivity contribution is 0.0953. The molecule has 1 heterocycles. The summed E-state index contributed by atoms with van der Waals surface area (Å²) in [5.74, 6) is 0.442. The Kier molecular flexibility index (Phi) is 7.25. The van der Waals surface area contributed by atoms with Crippen molar-refractivity contribution in [3.05, 3.63) is 29.8 Å². The number of carbonyl (C=O) groups is 2. The minimum absolute atomic E-state index is 0.0849. The zero-order chi connectivity index (χ0) is 18.2. The van der Waals surface area contributed by atoms with Gasteiger partial charge in [0.05, 0.1) is 0 Å². The summed E-state index contributed by atoms with van der Waals surface area (Å²) in [5.41, 5.74) is 1.30. The van der Waals surface area contributed by atoms with Crippen LogP contribution in [0.2, 0.25) is 0 Å². The third-order valence-corrected chi connectivity index (χ3v) is 4.53. The van der Waals surface area contributed by atoms with E-state index in [2.05, 4.69) is 22.6 Å². The number of likely N-dealkylation sites (tertiary alicyclic amines) is 1. The lowest BCUT2D eigenvalue weighted by Gasteiger charge is -2.32. The number of benzene rings is 1. The maximum atomic E-state index is 12.3. The fourth-order valence-electron chi connectivity index (χ4n) is 3.16. The van der Waals surface area contributed by atoms with E-state index in [1.165, 1.54) is 12.8 Å². The predicted octanol–water partition coefficient (Wildman–Crippen LogP) is 2.63. The Morgan fingerprint density at radius 3 is 2.64 bits per heavy atom. The van der Waals surface area contributed by atoms with Crippen LogP contribution in [0.5, 0.6) is 0 Å². The van der Waals surface area contributed by atoms with Crippen LogP contribution in [0, 0.1) is 5.92 Å². The number of hydrogen-bond donors (Lipinski definition) is 2. The Bertz CT molecular complexity index is 573. The minimum Gasteiger partial charge on any atom is -0.352 e. The molecule has 1 atom stereocenters. The van der Waals surface area contributed by atoms with E-state index in [0.717, 1.165) is 26.1 Å². The molecular weight excluding hydrogens is 316 g/mol. The molecule has 0 aliphatic carbocycles. The van der Waals surface area contributed by atoms with Gasteiger partial charge in [-0.05, 0) is 63.0 Å². The number of piperidine rings is 1. The van der Waals surface area contributed by atoms with Crippen LogP contribution in [0.3, 0.4) is 0 Å². The van der Waals surface area contributed by atoms with Crippen LogP contribution in [0.15, 0.2) is 24.3 Å². The van der Waals surface area contributed by atoms with Crippen LogP contribution in [0.4, 0.5) is 10.5 Å². The second-order valence-corrected chi connectivity index (χ2v) is 6.91. The van der Waals surface area contributed by atoms with Crippen LogP contribution in [0.1, 0.15) is 36.5 Å². The molecule has 1 aromatic carbocycles. The Morgan fingerprint density at radius 2 is 2.00 bits per heavy atom. The molecule has 1 fully saturated rings. The second-order valence-electron chi connectivity index (χ2n) is 6.91. The first-order chi connectivity index (χ1) is 12.0. The van der Waals surface area contributed by atoms with Crippen LogP contribution >= 0.6 is 0 Å². The fourth-order valence-corrected chi connectivity index (χ4v) is 3.16. The molecule has 1 unspecified atom stereocenters. The lowest BCUT2D eigenvalue weighted by Crippen LogP contribution is -2.41. The molecule has 2 N–H and O–H groups in total. The highest BCUT2D eigenvalue weighted by Crippen LogP contribution is 2.16. The molecule has 25 heavy (non-hydrogen) atoms. The van der Waals surface area contributed by atoms with Crippen molar-refractivity contribution in [2.45, 2.75) is 26.2 Å². The van der Waals surface area contributed by atoms with Crippen LogP contribution < -0.4 is 10.6 Å². The number of nitrogens with one attached hydrogen (secondary N) is 2. The number of anilines is 1. The van der Waals surface area contributed by atoms with Gasteiger partial charge in [-0.15, -0.1) is 0 Å². The summed E-state index contributed by atoms with van der Waals surface area (Å²) in [5, 5.41) is 5.73. The van der Waals surface area contributed by atoms with E-state index in [1.54, 1.807) is 29.2 Å². The number of carbonyl (C=O) groups excluding carboxylic acids is 2. The Balaban J connectivity index is 1.84. The van der Waals surface area contributed by atoms with E-state index in [1.807, 2.05) is 14.0 Å².